The number of rotatable bonds is 6. The van der Waals surface area contributed by atoms with Crippen LogP contribution < -0.4 is 4.72 Å². The summed E-state index contributed by atoms with van der Waals surface area (Å²) in [5.74, 6) is 0. The number of hydrogen-bond acceptors (Lipinski definition) is 3. The third-order valence-electron chi connectivity index (χ3n) is 4.10. The molecule has 1 aromatic carbocycles. The molecule has 0 heterocycles. The lowest BCUT2D eigenvalue weighted by Crippen LogP contribution is -2.38. The smallest absolute Gasteiger partial charge is 0.214 e. The lowest BCUT2D eigenvalue weighted by Gasteiger charge is -2.26. The lowest BCUT2D eigenvalue weighted by molar-refractivity contribution is 0.299. The third-order valence-corrected chi connectivity index (χ3v) is 6.27. The Labute approximate surface area is 132 Å². The highest BCUT2D eigenvalue weighted by Gasteiger charge is 2.29. The van der Waals surface area contributed by atoms with Gasteiger partial charge < -0.3 is 4.90 Å². The van der Waals surface area contributed by atoms with Crippen molar-refractivity contribution in [2.24, 2.45) is 0 Å². The molecule has 1 saturated carbocycles. The van der Waals surface area contributed by atoms with Crippen molar-refractivity contribution >= 4 is 21.6 Å². The molecule has 1 unspecified atom stereocenters. The maximum absolute atomic E-state index is 12.3. The van der Waals surface area contributed by atoms with Crippen LogP contribution >= 0.6 is 11.6 Å². The fraction of sp³-hybridized carbons (Fsp3) is 0.600. The second-order valence-electron chi connectivity index (χ2n) is 5.83. The molecule has 4 nitrogen and oxygen atoms in total. The Hall–Kier alpha value is -0.620. The van der Waals surface area contributed by atoms with E-state index in [4.69, 9.17) is 11.6 Å². The first kappa shape index (κ1) is 16.7. The summed E-state index contributed by atoms with van der Waals surface area (Å²) in [5.41, 5.74) is 1.05. The van der Waals surface area contributed by atoms with Crippen LogP contribution in [-0.2, 0) is 10.0 Å². The van der Waals surface area contributed by atoms with Gasteiger partial charge >= 0.3 is 0 Å². The van der Waals surface area contributed by atoms with E-state index in [0.29, 0.717) is 11.6 Å². The quantitative estimate of drug-likeness (QED) is 0.872. The maximum atomic E-state index is 12.3. The average Bonchev–Trinajstić information content (AvgIpc) is 2.95. The van der Waals surface area contributed by atoms with Gasteiger partial charge in [0.1, 0.15) is 0 Å². The van der Waals surface area contributed by atoms with Crippen molar-refractivity contribution in [1.29, 1.82) is 0 Å². The van der Waals surface area contributed by atoms with Gasteiger partial charge in [0.25, 0.3) is 0 Å². The predicted octanol–water partition coefficient (Wildman–Crippen LogP) is 2.80. The SMILES string of the molecule is CN(C)C(CNS(=O)(=O)C1CCCC1)c1ccc(Cl)cc1. The third kappa shape index (κ3) is 4.42. The normalized spacial score (nSPS) is 18.3. The summed E-state index contributed by atoms with van der Waals surface area (Å²) in [5, 5.41) is 0.466. The zero-order valence-corrected chi connectivity index (χ0v) is 14.1. The standard InChI is InChI=1S/C15H23ClN2O2S/c1-18(2)15(12-7-9-13(16)10-8-12)11-17-21(19,20)14-5-3-4-6-14/h7-10,14-15,17H,3-6,11H2,1-2H3. The number of nitrogens with zero attached hydrogens (tertiary/aromatic N) is 1. The highest BCUT2D eigenvalue weighted by Crippen LogP contribution is 2.25. The number of benzene rings is 1. The minimum atomic E-state index is -3.21. The van der Waals surface area contributed by atoms with Crippen molar-refractivity contribution in [2.45, 2.75) is 37.0 Å². The Balaban J connectivity index is 2.05. The van der Waals surface area contributed by atoms with E-state index in [1.165, 1.54) is 0 Å². The topological polar surface area (TPSA) is 49.4 Å². The summed E-state index contributed by atoms with van der Waals surface area (Å²) in [6.45, 7) is 0.382. The molecule has 21 heavy (non-hydrogen) atoms. The number of likely N-dealkylation sites (N-methyl/N-ethyl adjacent to an activating group) is 1. The molecule has 2 rings (SSSR count). The summed E-state index contributed by atoms with van der Waals surface area (Å²) >= 11 is 5.91. The van der Waals surface area contributed by atoms with E-state index >= 15 is 0 Å². The number of hydrogen-bond donors (Lipinski definition) is 1. The zero-order valence-electron chi connectivity index (χ0n) is 12.5. The Bertz CT molecular complexity index is 552. The molecule has 0 amide bonds. The van der Waals surface area contributed by atoms with E-state index < -0.39 is 10.0 Å². The fourth-order valence-electron chi connectivity index (χ4n) is 2.80. The van der Waals surface area contributed by atoms with Crippen molar-refractivity contribution in [1.82, 2.24) is 9.62 Å². The Morgan fingerprint density at radius 2 is 1.81 bits per heavy atom. The lowest BCUT2D eigenvalue weighted by atomic mass is 10.1. The van der Waals surface area contributed by atoms with Crippen LogP contribution in [0.3, 0.4) is 0 Å². The number of sulfonamides is 1. The minimum Gasteiger partial charge on any atom is -0.301 e. The Morgan fingerprint density at radius 1 is 1.24 bits per heavy atom. The molecule has 1 atom stereocenters. The van der Waals surface area contributed by atoms with Gasteiger partial charge in [-0.2, -0.15) is 0 Å². The molecule has 6 heteroatoms. The molecule has 0 saturated heterocycles. The van der Waals surface area contributed by atoms with Crippen LogP contribution in [0.1, 0.15) is 37.3 Å². The zero-order chi connectivity index (χ0) is 15.5. The molecular formula is C15H23ClN2O2S. The van der Waals surface area contributed by atoms with Crippen molar-refractivity contribution in [3.63, 3.8) is 0 Å². The molecule has 1 N–H and O–H groups in total. The number of nitrogens with one attached hydrogen (secondary N) is 1. The van der Waals surface area contributed by atoms with Gasteiger partial charge in [0.2, 0.25) is 10.0 Å². The molecule has 0 aromatic heterocycles. The largest absolute Gasteiger partial charge is 0.301 e. The molecule has 0 bridgehead atoms. The van der Waals surface area contributed by atoms with Crippen LogP contribution in [0.4, 0.5) is 0 Å². The fourth-order valence-corrected chi connectivity index (χ4v) is 4.50. The van der Waals surface area contributed by atoms with Crippen LogP contribution in [0.2, 0.25) is 5.02 Å². The molecule has 118 valence electrons. The Kier molecular flexibility index (Phi) is 5.66. The summed E-state index contributed by atoms with van der Waals surface area (Å²) in [7, 11) is 0.688. The maximum Gasteiger partial charge on any atom is 0.214 e. The van der Waals surface area contributed by atoms with Crippen molar-refractivity contribution < 1.29 is 8.42 Å². The van der Waals surface area contributed by atoms with Crippen molar-refractivity contribution in [3.8, 4) is 0 Å². The number of halogens is 1. The Morgan fingerprint density at radius 3 is 2.33 bits per heavy atom. The van der Waals surface area contributed by atoms with Crippen LogP contribution in [0.15, 0.2) is 24.3 Å². The van der Waals surface area contributed by atoms with Crippen LogP contribution in [0, 0.1) is 0 Å². The molecule has 0 radical (unpaired) electrons. The second kappa shape index (κ2) is 7.09. The van der Waals surface area contributed by atoms with Crippen LogP contribution in [-0.4, -0.2) is 39.2 Å². The van der Waals surface area contributed by atoms with Crippen molar-refractivity contribution in [3.05, 3.63) is 34.9 Å². The van der Waals surface area contributed by atoms with Gasteiger partial charge in [0, 0.05) is 17.6 Å². The van der Waals surface area contributed by atoms with E-state index in [9.17, 15) is 8.42 Å². The van der Waals surface area contributed by atoms with Gasteiger partial charge in [-0.25, -0.2) is 13.1 Å². The molecular weight excluding hydrogens is 308 g/mol. The monoisotopic (exact) mass is 330 g/mol. The van der Waals surface area contributed by atoms with Crippen molar-refractivity contribution in [2.75, 3.05) is 20.6 Å². The first-order valence-corrected chi connectivity index (χ1v) is 9.23. The van der Waals surface area contributed by atoms with Gasteiger partial charge in [-0.15, -0.1) is 0 Å². The summed E-state index contributed by atoms with van der Waals surface area (Å²) in [4.78, 5) is 2.01. The van der Waals surface area contributed by atoms with Crippen LogP contribution in [0.5, 0.6) is 0 Å². The van der Waals surface area contributed by atoms with Crippen LogP contribution in [0.25, 0.3) is 0 Å². The van der Waals surface area contributed by atoms with Gasteiger partial charge in [-0.05, 0) is 44.6 Å². The molecule has 1 aromatic rings. The molecule has 1 fully saturated rings. The van der Waals surface area contributed by atoms with Gasteiger partial charge in [-0.3, -0.25) is 0 Å². The second-order valence-corrected chi connectivity index (χ2v) is 8.31. The first-order valence-electron chi connectivity index (χ1n) is 7.30. The van der Waals surface area contributed by atoms with E-state index in [-0.39, 0.29) is 11.3 Å². The van der Waals surface area contributed by atoms with Gasteiger partial charge in [0.15, 0.2) is 0 Å². The first-order chi connectivity index (χ1) is 9.90. The van der Waals surface area contributed by atoms with E-state index in [1.54, 1.807) is 0 Å². The molecule has 1 aliphatic carbocycles. The summed E-state index contributed by atoms with van der Waals surface area (Å²) in [6.07, 6.45) is 3.59. The molecule has 0 aliphatic heterocycles. The summed E-state index contributed by atoms with van der Waals surface area (Å²) in [6, 6.07) is 7.55. The summed E-state index contributed by atoms with van der Waals surface area (Å²) < 4.78 is 27.4. The highest BCUT2D eigenvalue weighted by molar-refractivity contribution is 7.90. The van der Waals surface area contributed by atoms with E-state index in [2.05, 4.69) is 4.72 Å². The molecule has 0 spiro atoms. The van der Waals surface area contributed by atoms with E-state index in [1.807, 2.05) is 43.3 Å². The van der Waals surface area contributed by atoms with Gasteiger partial charge in [0.05, 0.1) is 5.25 Å². The average molecular weight is 331 g/mol. The minimum absolute atomic E-state index is 0.00144. The predicted molar refractivity (Wildman–Crippen MR) is 87.1 cm³/mol. The molecule has 1 aliphatic rings. The van der Waals surface area contributed by atoms with Gasteiger partial charge in [-0.1, -0.05) is 36.6 Å². The van der Waals surface area contributed by atoms with E-state index in [0.717, 1.165) is 31.2 Å². The highest BCUT2D eigenvalue weighted by atomic mass is 35.5.